The summed E-state index contributed by atoms with van der Waals surface area (Å²) in [5.74, 6) is 1.16. The second-order valence-electron chi connectivity index (χ2n) is 14.5. The maximum absolute atomic E-state index is 14.5. The first-order valence-electron chi connectivity index (χ1n) is 16.1. The van der Waals surface area contributed by atoms with Crippen molar-refractivity contribution in [1.82, 2.24) is 14.4 Å². The lowest BCUT2D eigenvalue weighted by atomic mass is 9.61. The van der Waals surface area contributed by atoms with Crippen LogP contribution in [-0.4, -0.2) is 32.2 Å². The van der Waals surface area contributed by atoms with E-state index < -0.39 is 11.7 Å². The van der Waals surface area contributed by atoms with E-state index in [9.17, 15) is 9.59 Å². The van der Waals surface area contributed by atoms with Crippen LogP contribution in [0.5, 0.6) is 0 Å². The third-order valence-electron chi connectivity index (χ3n) is 9.35. The van der Waals surface area contributed by atoms with Gasteiger partial charge in [0.2, 0.25) is 0 Å². The molecule has 6 nitrogen and oxygen atoms in total. The molecule has 3 unspecified atom stereocenters. The first kappa shape index (κ1) is 34.9. The monoisotopic (exact) mass is 661 g/mol. The number of fused-ring (bicyclic) bond motifs is 1. The van der Waals surface area contributed by atoms with Gasteiger partial charge in [-0.15, -0.1) is 0 Å². The van der Waals surface area contributed by atoms with E-state index in [1.165, 1.54) is 22.6 Å². The number of unbranched alkanes of at least 4 members (excludes halogenated alkanes) is 1. The molecule has 9 heteroatoms. The molecule has 0 spiro atoms. The van der Waals surface area contributed by atoms with Gasteiger partial charge in [-0.25, -0.2) is 19.0 Å². The van der Waals surface area contributed by atoms with Crippen LogP contribution in [-0.2, 0) is 4.74 Å². The zero-order chi connectivity index (χ0) is 32.4. The van der Waals surface area contributed by atoms with E-state index in [1.807, 2.05) is 12.1 Å². The molecule has 0 aliphatic heterocycles. The van der Waals surface area contributed by atoms with Crippen LogP contribution >= 0.6 is 35.0 Å². The molecule has 1 aliphatic rings. The molecule has 0 amide bonds. The van der Waals surface area contributed by atoms with E-state index in [4.69, 9.17) is 32.9 Å². The van der Waals surface area contributed by atoms with E-state index >= 15 is 0 Å². The molecule has 0 saturated heterocycles. The van der Waals surface area contributed by atoms with Gasteiger partial charge in [-0.1, -0.05) is 134 Å². The number of nitrogens with one attached hydrogen (secondary N) is 1. The van der Waals surface area contributed by atoms with E-state index in [2.05, 4.69) is 60.4 Å². The summed E-state index contributed by atoms with van der Waals surface area (Å²) in [6.45, 7) is 17.7. The van der Waals surface area contributed by atoms with Gasteiger partial charge in [0.25, 0.3) is 0 Å². The molecular formula is C35H49Cl2N3O3S. The minimum absolute atomic E-state index is 0.0618. The average Bonchev–Trinajstić information content (AvgIpc) is 3.24. The first-order valence-corrected chi connectivity index (χ1v) is 17.9. The Kier molecular flexibility index (Phi) is 11.3. The fourth-order valence-electron chi connectivity index (χ4n) is 6.73. The summed E-state index contributed by atoms with van der Waals surface area (Å²) in [7, 11) is 0. The first-order chi connectivity index (χ1) is 20.7. The Balaban J connectivity index is 1.87. The molecule has 44 heavy (non-hydrogen) atoms. The van der Waals surface area contributed by atoms with Crippen molar-refractivity contribution in [2.45, 2.75) is 112 Å². The molecule has 0 radical (unpaired) electrons. The summed E-state index contributed by atoms with van der Waals surface area (Å²) in [6.07, 6.45) is 7.25. The highest BCUT2D eigenvalue weighted by Crippen LogP contribution is 2.49. The standard InChI is InChI=1S/C35H49Cl2N3O3S/c1-9-11-15-21(10-2)20-44-32-38-30-27(26(22-16-12-13-19-25(22)36)29(37)40(30)33(42)39-32)31(41)43-28-23(34(3,4)5)17-14-18-24(28)35(6,7)8/h12-13,16,19,21,23-24,28H,9-11,14-15,17-18,20H2,1-8H3,(H,38,39,42). The van der Waals surface area contributed by atoms with Crippen LogP contribution in [0.4, 0.5) is 0 Å². The molecule has 4 rings (SSSR count). The van der Waals surface area contributed by atoms with Gasteiger partial charge in [0, 0.05) is 33.7 Å². The van der Waals surface area contributed by atoms with Gasteiger partial charge in [0.1, 0.15) is 16.8 Å². The lowest BCUT2D eigenvalue weighted by molar-refractivity contribution is -0.0802. The van der Waals surface area contributed by atoms with Crippen LogP contribution in [0.3, 0.4) is 0 Å². The number of esters is 1. The number of H-pyrrole nitrogens is 1. The minimum atomic E-state index is -0.525. The summed E-state index contributed by atoms with van der Waals surface area (Å²) in [6, 6.07) is 7.21. The number of halogens is 2. The van der Waals surface area contributed by atoms with E-state index in [-0.39, 0.29) is 45.1 Å². The Morgan fingerprint density at radius 1 is 1.09 bits per heavy atom. The van der Waals surface area contributed by atoms with Crippen molar-refractivity contribution in [2.24, 2.45) is 28.6 Å². The molecule has 1 N–H and O–H groups in total. The number of aromatic nitrogens is 3. The van der Waals surface area contributed by atoms with Gasteiger partial charge in [-0.2, -0.15) is 0 Å². The van der Waals surface area contributed by atoms with Crippen molar-refractivity contribution in [1.29, 1.82) is 0 Å². The highest BCUT2D eigenvalue weighted by Gasteiger charge is 2.46. The summed E-state index contributed by atoms with van der Waals surface area (Å²) in [4.78, 5) is 35.8. The number of carbonyl (C=O) groups excluding carboxylic acids is 1. The molecule has 2 aromatic heterocycles. The second kappa shape index (κ2) is 14.2. The highest BCUT2D eigenvalue weighted by molar-refractivity contribution is 7.99. The SMILES string of the molecule is CCCCC(CC)CSc1nc2c(C(=O)OC3C(C(C)(C)C)CCCC3C(C)(C)C)c(-c3ccccc3Cl)c(Cl)n2c(=O)[nH]1. The van der Waals surface area contributed by atoms with Crippen LogP contribution in [0.1, 0.15) is 111 Å². The van der Waals surface area contributed by atoms with Crippen molar-refractivity contribution in [3.05, 3.63) is 50.5 Å². The molecule has 1 fully saturated rings. The molecule has 1 aliphatic carbocycles. The predicted octanol–water partition coefficient (Wildman–Crippen LogP) is 10.3. The minimum Gasteiger partial charge on any atom is -0.458 e. The molecule has 3 atom stereocenters. The predicted molar refractivity (Wildman–Crippen MR) is 184 cm³/mol. The average molecular weight is 663 g/mol. The number of aromatic amines is 1. The normalized spacial score (nSPS) is 20.2. The zero-order valence-electron chi connectivity index (χ0n) is 27.6. The van der Waals surface area contributed by atoms with E-state index in [0.29, 0.717) is 27.2 Å². The third-order valence-corrected chi connectivity index (χ3v) is 11.1. The van der Waals surface area contributed by atoms with Crippen molar-refractivity contribution < 1.29 is 9.53 Å². The molecule has 0 bridgehead atoms. The summed E-state index contributed by atoms with van der Waals surface area (Å²) >= 11 is 15.1. The number of carbonyl (C=O) groups is 1. The Morgan fingerprint density at radius 2 is 1.73 bits per heavy atom. The summed E-state index contributed by atoms with van der Waals surface area (Å²) in [5, 5.41) is 0.970. The van der Waals surface area contributed by atoms with Crippen LogP contribution in [0, 0.1) is 28.6 Å². The van der Waals surface area contributed by atoms with Crippen LogP contribution in [0.25, 0.3) is 16.8 Å². The maximum Gasteiger partial charge on any atom is 0.342 e. The number of benzene rings is 1. The number of ether oxygens (including phenoxy) is 1. The molecule has 3 aromatic rings. The van der Waals surface area contributed by atoms with Gasteiger partial charge in [0.05, 0.1) is 0 Å². The molecule has 1 aromatic carbocycles. The van der Waals surface area contributed by atoms with Gasteiger partial charge >= 0.3 is 11.7 Å². The molecule has 2 heterocycles. The topological polar surface area (TPSA) is 76.5 Å². The Labute approximate surface area is 277 Å². The van der Waals surface area contributed by atoms with Crippen molar-refractivity contribution in [3.63, 3.8) is 0 Å². The Morgan fingerprint density at radius 3 is 2.30 bits per heavy atom. The number of thioether (sulfide) groups is 1. The van der Waals surface area contributed by atoms with Crippen LogP contribution in [0.2, 0.25) is 10.2 Å². The fourth-order valence-corrected chi connectivity index (χ4v) is 8.42. The van der Waals surface area contributed by atoms with E-state index in [0.717, 1.165) is 44.3 Å². The molecule has 1 saturated carbocycles. The summed E-state index contributed by atoms with van der Waals surface area (Å²) in [5.41, 5.74) is 0.723. The number of hydrogen-bond acceptors (Lipinski definition) is 5. The Hall–Kier alpha value is -1.96. The highest BCUT2D eigenvalue weighted by atomic mass is 35.5. The maximum atomic E-state index is 14.5. The van der Waals surface area contributed by atoms with Crippen LogP contribution < -0.4 is 5.69 Å². The molecule has 242 valence electrons. The smallest absolute Gasteiger partial charge is 0.342 e. The zero-order valence-corrected chi connectivity index (χ0v) is 29.9. The lowest BCUT2D eigenvalue weighted by Gasteiger charge is -2.48. The quantitative estimate of drug-likeness (QED) is 0.173. The Bertz CT molecular complexity index is 1500. The number of rotatable bonds is 10. The number of hydrogen-bond donors (Lipinski definition) is 1. The molecular weight excluding hydrogens is 613 g/mol. The van der Waals surface area contributed by atoms with Crippen LogP contribution in [0.15, 0.2) is 34.2 Å². The van der Waals surface area contributed by atoms with Gasteiger partial charge < -0.3 is 4.74 Å². The second-order valence-corrected chi connectivity index (χ2v) is 16.3. The van der Waals surface area contributed by atoms with Crippen molar-refractivity contribution >= 4 is 46.6 Å². The lowest BCUT2D eigenvalue weighted by Crippen LogP contribution is -2.47. The summed E-state index contributed by atoms with van der Waals surface area (Å²) < 4.78 is 7.88. The van der Waals surface area contributed by atoms with Gasteiger partial charge in [-0.05, 0) is 42.1 Å². The van der Waals surface area contributed by atoms with E-state index in [1.54, 1.807) is 12.1 Å². The van der Waals surface area contributed by atoms with Gasteiger partial charge in [0.15, 0.2) is 10.8 Å². The number of nitrogens with zero attached hydrogens (tertiary/aromatic N) is 2. The third kappa shape index (κ3) is 7.53. The largest absolute Gasteiger partial charge is 0.458 e. The van der Waals surface area contributed by atoms with Crippen molar-refractivity contribution in [2.75, 3.05) is 5.75 Å². The van der Waals surface area contributed by atoms with Gasteiger partial charge in [-0.3, -0.25) is 4.98 Å². The fraction of sp³-hybridized carbons (Fsp3) is 0.629. The van der Waals surface area contributed by atoms with Crippen molar-refractivity contribution in [3.8, 4) is 11.1 Å².